The molecule has 0 aliphatic carbocycles. The van der Waals surface area contributed by atoms with Crippen LogP contribution in [0.1, 0.15) is 19.3 Å². The summed E-state index contributed by atoms with van der Waals surface area (Å²) in [5, 5.41) is 3.16. The van der Waals surface area contributed by atoms with E-state index in [9.17, 15) is 8.42 Å². The van der Waals surface area contributed by atoms with Gasteiger partial charge in [-0.25, -0.2) is 0 Å². The summed E-state index contributed by atoms with van der Waals surface area (Å²) in [6, 6.07) is 0.350. The van der Waals surface area contributed by atoms with Crippen molar-refractivity contribution in [1.82, 2.24) is 18.8 Å². The maximum Gasteiger partial charge on any atom is 0.282 e. The van der Waals surface area contributed by atoms with E-state index in [2.05, 4.69) is 10.2 Å². The van der Waals surface area contributed by atoms with Gasteiger partial charge in [-0.15, -0.1) is 0 Å². The highest BCUT2D eigenvalue weighted by atomic mass is 32.2. The van der Waals surface area contributed by atoms with Gasteiger partial charge in [-0.3, -0.25) is 0 Å². The van der Waals surface area contributed by atoms with E-state index in [1.165, 1.54) is 0 Å². The maximum atomic E-state index is 12.7. The van der Waals surface area contributed by atoms with Crippen LogP contribution in [-0.4, -0.2) is 81.8 Å². The molecule has 0 saturated carbocycles. The lowest BCUT2D eigenvalue weighted by atomic mass is 10.00. The first-order valence-corrected chi connectivity index (χ1v) is 8.91. The Hall–Kier alpha value is -0.210. The second-order valence-electron chi connectivity index (χ2n) is 6.20. The number of likely N-dealkylation sites (N-methyl/N-ethyl adjacent to an activating group) is 1. The molecule has 2 atom stereocenters. The van der Waals surface area contributed by atoms with E-state index in [1.54, 1.807) is 8.61 Å². The molecule has 2 aliphatic rings. The molecule has 2 aliphatic heterocycles. The summed E-state index contributed by atoms with van der Waals surface area (Å²) < 4.78 is 28.8. The van der Waals surface area contributed by atoms with Gasteiger partial charge in [0.2, 0.25) is 0 Å². The Kier molecular flexibility index (Phi) is 5.42. The second-order valence-corrected chi connectivity index (χ2v) is 8.12. The molecule has 0 bridgehead atoms. The molecule has 7 heteroatoms. The molecule has 1 N–H and O–H groups in total. The van der Waals surface area contributed by atoms with Crippen LogP contribution in [0.25, 0.3) is 0 Å². The van der Waals surface area contributed by atoms with E-state index < -0.39 is 10.2 Å². The second kappa shape index (κ2) is 6.70. The monoisotopic (exact) mass is 304 g/mol. The smallest absolute Gasteiger partial charge is 0.282 e. The van der Waals surface area contributed by atoms with Crippen LogP contribution in [0, 0.1) is 5.92 Å². The van der Waals surface area contributed by atoms with Gasteiger partial charge >= 0.3 is 0 Å². The van der Waals surface area contributed by atoms with Crippen molar-refractivity contribution in [2.45, 2.75) is 25.3 Å². The van der Waals surface area contributed by atoms with Gasteiger partial charge in [0.15, 0.2) is 0 Å². The van der Waals surface area contributed by atoms with Crippen LogP contribution in [0.15, 0.2) is 0 Å². The van der Waals surface area contributed by atoms with Crippen molar-refractivity contribution < 1.29 is 8.42 Å². The average molecular weight is 304 g/mol. The standard InChI is InChI=1S/C13H28N4O2S/c1-14-9-12-5-4-7-16(10-12)20(18,19)17-8-6-13(11-17)15(2)3/h12-14H,4-11H2,1-3H3. The van der Waals surface area contributed by atoms with Gasteiger partial charge in [-0.2, -0.15) is 17.0 Å². The number of hydrogen-bond donors (Lipinski definition) is 1. The Labute approximate surface area is 123 Å². The Morgan fingerprint density at radius 3 is 2.45 bits per heavy atom. The summed E-state index contributed by atoms with van der Waals surface area (Å²) in [4.78, 5) is 2.12. The van der Waals surface area contributed by atoms with E-state index >= 15 is 0 Å². The van der Waals surface area contributed by atoms with Crippen molar-refractivity contribution in [3.05, 3.63) is 0 Å². The first-order valence-electron chi connectivity index (χ1n) is 7.51. The normalized spacial score (nSPS) is 30.2. The SMILES string of the molecule is CNCC1CCCN(S(=O)(=O)N2CCC(N(C)C)C2)C1. The molecule has 2 heterocycles. The molecule has 2 rings (SSSR count). The van der Waals surface area contributed by atoms with E-state index in [0.717, 1.165) is 25.8 Å². The minimum absolute atomic E-state index is 0.350. The summed E-state index contributed by atoms with van der Waals surface area (Å²) in [6.07, 6.45) is 3.02. The fourth-order valence-corrected chi connectivity index (χ4v) is 4.98. The van der Waals surface area contributed by atoms with Crippen LogP contribution in [-0.2, 0) is 10.2 Å². The summed E-state index contributed by atoms with van der Waals surface area (Å²) in [6.45, 7) is 3.51. The van der Waals surface area contributed by atoms with Crippen LogP contribution < -0.4 is 5.32 Å². The molecule has 0 spiro atoms. The van der Waals surface area contributed by atoms with Crippen LogP contribution >= 0.6 is 0 Å². The molecule has 20 heavy (non-hydrogen) atoms. The molecule has 2 unspecified atom stereocenters. The van der Waals surface area contributed by atoms with Crippen molar-refractivity contribution in [2.24, 2.45) is 5.92 Å². The molecular formula is C13H28N4O2S. The molecule has 0 aromatic carbocycles. The summed E-state index contributed by atoms with van der Waals surface area (Å²) in [7, 11) is 2.70. The van der Waals surface area contributed by atoms with Crippen molar-refractivity contribution >= 4 is 10.2 Å². The summed E-state index contributed by atoms with van der Waals surface area (Å²) >= 11 is 0. The third-order valence-electron chi connectivity index (χ3n) is 4.48. The molecular weight excluding hydrogens is 276 g/mol. The zero-order valence-corrected chi connectivity index (χ0v) is 13.7. The van der Waals surface area contributed by atoms with Crippen LogP contribution in [0.5, 0.6) is 0 Å². The van der Waals surface area contributed by atoms with Crippen LogP contribution in [0.2, 0.25) is 0 Å². The number of nitrogens with zero attached hydrogens (tertiary/aromatic N) is 3. The zero-order chi connectivity index (χ0) is 14.8. The van der Waals surface area contributed by atoms with Crippen molar-refractivity contribution in [3.63, 3.8) is 0 Å². The van der Waals surface area contributed by atoms with Crippen molar-refractivity contribution in [3.8, 4) is 0 Å². The van der Waals surface area contributed by atoms with E-state index in [1.807, 2.05) is 21.1 Å². The molecule has 0 radical (unpaired) electrons. The van der Waals surface area contributed by atoms with Crippen LogP contribution in [0.4, 0.5) is 0 Å². The number of hydrogen-bond acceptors (Lipinski definition) is 4. The minimum Gasteiger partial charge on any atom is -0.319 e. The third kappa shape index (κ3) is 3.51. The van der Waals surface area contributed by atoms with Gasteiger partial charge in [0.05, 0.1) is 0 Å². The predicted octanol–water partition coefficient (Wildman–Crippen LogP) is -0.201. The van der Waals surface area contributed by atoms with Crippen molar-refractivity contribution in [2.75, 3.05) is 53.9 Å². The lowest BCUT2D eigenvalue weighted by Crippen LogP contribution is -2.49. The average Bonchev–Trinajstić information content (AvgIpc) is 2.90. The van der Waals surface area contributed by atoms with Gasteiger partial charge < -0.3 is 10.2 Å². The van der Waals surface area contributed by atoms with Gasteiger partial charge in [0.1, 0.15) is 0 Å². The van der Waals surface area contributed by atoms with Gasteiger partial charge in [-0.1, -0.05) is 0 Å². The third-order valence-corrected chi connectivity index (χ3v) is 6.45. The fourth-order valence-electron chi connectivity index (χ4n) is 3.20. The molecule has 6 nitrogen and oxygen atoms in total. The quantitative estimate of drug-likeness (QED) is 0.764. The number of piperidine rings is 1. The first-order chi connectivity index (χ1) is 9.45. The Morgan fingerprint density at radius 2 is 1.85 bits per heavy atom. The fraction of sp³-hybridized carbons (Fsp3) is 1.00. The van der Waals surface area contributed by atoms with E-state index in [4.69, 9.17) is 0 Å². The zero-order valence-electron chi connectivity index (χ0n) is 12.9. The Bertz CT molecular complexity index is 411. The summed E-state index contributed by atoms with van der Waals surface area (Å²) in [5.74, 6) is 0.441. The summed E-state index contributed by atoms with van der Waals surface area (Å²) in [5.41, 5.74) is 0. The lowest BCUT2D eigenvalue weighted by Gasteiger charge is -2.34. The largest absolute Gasteiger partial charge is 0.319 e. The van der Waals surface area contributed by atoms with Crippen molar-refractivity contribution in [1.29, 1.82) is 0 Å². The molecule has 0 aromatic rings. The highest BCUT2D eigenvalue weighted by Crippen LogP contribution is 2.24. The minimum atomic E-state index is -3.27. The highest BCUT2D eigenvalue weighted by molar-refractivity contribution is 7.86. The Balaban J connectivity index is 1.99. The molecule has 2 saturated heterocycles. The number of rotatable bonds is 5. The molecule has 118 valence electrons. The molecule has 2 fully saturated rings. The lowest BCUT2D eigenvalue weighted by molar-refractivity contribution is 0.245. The van der Waals surface area contributed by atoms with E-state index in [0.29, 0.717) is 38.1 Å². The topological polar surface area (TPSA) is 55.9 Å². The predicted molar refractivity (Wildman–Crippen MR) is 80.8 cm³/mol. The molecule has 0 aromatic heterocycles. The highest BCUT2D eigenvalue weighted by Gasteiger charge is 2.37. The van der Waals surface area contributed by atoms with Gasteiger partial charge in [0.25, 0.3) is 10.2 Å². The Morgan fingerprint density at radius 1 is 1.15 bits per heavy atom. The number of nitrogens with one attached hydrogen (secondary N) is 1. The maximum absolute atomic E-state index is 12.7. The van der Waals surface area contributed by atoms with E-state index in [-0.39, 0.29) is 0 Å². The van der Waals surface area contributed by atoms with Crippen LogP contribution in [0.3, 0.4) is 0 Å². The van der Waals surface area contributed by atoms with Gasteiger partial charge in [-0.05, 0) is 52.9 Å². The van der Waals surface area contributed by atoms with Gasteiger partial charge in [0, 0.05) is 32.2 Å². The first kappa shape index (κ1) is 16.2. The molecule has 0 amide bonds.